The van der Waals surface area contributed by atoms with Crippen LogP contribution in [0.3, 0.4) is 0 Å². The van der Waals surface area contributed by atoms with Crippen LogP contribution >= 0.6 is 0 Å². The first-order chi connectivity index (χ1) is 6.80. The number of carbonyl (C=O) groups is 2. The number of carboxylic acid groups (broad SMARTS) is 1. The standard InChI is InChI=1S/C8H12F2N2O3/c1-4(11-7(14)15)6(13)12-5-2-8(9,10)3-5/h4-5,11H,2-3H2,1H3,(H,12,13)(H,14,15)/t4-/m1/s1. The molecule has 1 atom stereocenters. The van der Waals surface area contributed by atoms with Gasteiger partial charge in [-0.3, -0.25) is 4.79 Å². The van der Waals surface area contributed by atoms with E-state index in [1.54, 1.807) is 0 Å². The minimum atomic E-state index is -2.69. The summed E-state index contributed by atoms with van der Waals surface area (Å²) in [6, 6.07) is -1.48. The van der Waals surface area contributed by atoms with Crippen molar-refractivity contribution in [3.05, 3.63) is 0 Å². The largest absolute Gasteiger partial charge is 0.465 e. The average Bonchev–Trinajstić information content (AvgIpc) is 1.99. The first-order valence-electron chi connectivity index (χ1n) is 4.48. The number of alkyl halides is 2. The monoisotopic (exact) mass is 222 g/mol. The van der Waals surface area contributed by atoms with Crippen molar-refractivity contribution in [2.75, 3.05) is 0 Å². The summed E-state index contributed by atoms with van der Waals surface area (Å²) in [5, 5.41) is 12.6. The minimum Gasteiger partial charge on any atom is -0.465 e. The predicted molar refractivity (Wildman–Crippen MR) is 46.7 cm³/mol. The van der Waals surface area contributed by atoms with E-state index < -0.39 is 30.0 Å². The van der Waals surface area contributed by atoms with E-state index in [1.165, 1.54) is 6.92 Å². The molecule has 2 amide bonds. The van der Waals surface area contributed by atoms with Crippen molar-refractivity contribution in [3.8, 4) is 0 Å². The summed E-state index contributed by atoms with van der Waals surface area (Å²) >= 11 is 0. The van der Waals surface area contributed by atoms with Crippen LogP contribution in [-0.2, 0) is 4.79 Å². The van der Waals surface area contributed by atoms with Gasteiger partial charge in [-0.1, -0.05) is 0 Å². The van der Waals surface area contributed by atoms with Gasteiger partial charge >= 0.3 is 6.09 Å². The normalized spacial score (nSPS) is 21.3. The van der Waals surface area contributed by atoms with E-state index in [4.69, 9.17) is 5.11 Å². The summed E-state index contributed by atoms with van der Waals surface area (Å²) in [5.41, 5.74) is 0. The molecule has 86 valence electrons. The second-order valence-corrected chi connectivity index (χ2v) is 3.64. The van der Waals surface area contributed by atoms with Crippen LogP contribution in [0.4, 0.5) is 13.6 Å². The quantitative estimate of drug-likeness (QED) is 0.652. The van der Waals surface area contributed by atoms with E-state index in [1.807, 2.05) is 5.32 Å². The van der Waals surface area contributed by atoms with Crippen molar-refractivity contribution in [2.45, 2.75) is 37.8 Å². The average molecular weight is 222 g/mol. The molecular formula is C8H12F2N2O3. The molecule has 1 fully saturated rings. The number of carbonyl (C=O) groups excluding carboxylic acids is 1. The lowest BCUT2D eigenvalue weighted by molar-refractivity contribution is -0.130. The fourth-order valence-corrected chi connectivity index (χ4v) is 1.34. The molecule has 0 unspecified atom stereocenters. The number of hydrogen-bond acceptors (Lipinski definition) is 2. The van der Waals surface area contributed by atoms with Gasteiger partial charge in [0.15, 0.2) is 0 Å². The van der Waals surface area contributed by atoms with Gasteiger partial charge in [0.1, 0.15) is 6.04 Å². The molecule has 1 rings (SSSR count). The zero-order valence-electron chi connectivity index (χ0n) is 8.09. The molecule has 0 aliphatic heterocycles. The smallest absolute Gasteiger partial charge is 0.405 e. The number of amides is 2. The molecule has 5 nitrogen and oxygen atoms in total. The maximum absolute atomic E-state index is 12.4. The van der Waals surface area contributed by atoms with Crippen molar-refractivity contribution in [1.82, 2.24) is 10.6 Å². The van der Waals surface area contributed by atoms with Gasteiger partial charge in [0, 0.05) is 18.9 Å². The van der Waals surface area contributed by atoms with Crippen LogP contribution in [-0.4, -0.2) is 35.1 Å². The Balaban J connectivity index is 2.28. The van der Waals surface area contributed by atoms with E-state index in [-0.39, 0.29) is 12.8 Å². The molecule has 1 aliphatic carbocycles. The third-order valence-electron chi connectivity index (χ3n) is 2.17. The highest BCUT2D eigenvalue weighted by Crippen LogP contribution is 2.37. The molecule has 0 aromatic heterocycles. The molecule has 0 radical (unpaired) electrons. The van der Waals surface area contributed by atoms with Gasteiger partial charge < -0.3 is 15.7 Å². The van der Waals surface area contributed by atoms with Crippen molar-refractivity contribution < 1.29 is 23.5 Å². The fourth-order valence-electron chi connectivity index (χ4n) is 1.34. The Labute approximate surface area is 84.8 Å². The van der Waals surface area contributed by atoms with Crippen LogP contribution in [0.1, 0.15) is 19.8 Å². The fraction of sp³-hybridized carbons (Fsp3) is 0.750. The Morgan fingerprint density at radius 1 is 1.47 bits per heavy atom. The Kier molecular flexibility index (Phi) is 3.11. The van der Waals surface area contributed by atoms with Crippen LogP contribution in [0.25, 0.3) is 0 Å². The van der Waals surface area contributed by atoms with Crippen molar-refractivity contribution in [1.29, 1.82) is 0 Å². The summed E-state index contributed by atoms with van der Waals surface area (Å²) in [4.78, 5) is 21.4. The second kappa shape index (κ2) is 4.00. The summed E-state index contributed by atoms with van der Waals surface area (Å²) in [7, 11) is 0. The van der Waals surface area contributed by atoms with E-state index in [9.17, 15) is 18.4 Å². The molecular weight excluding hydrogens is 210 g/mol. The zero-order chi connectivity index (χ0) is 11.6. The third-order valence-corrected chi connectivity index (χ3v) is 2.17. The number of hydrogen-bond donors (Lipinski definition) is 3. The topological polar surface area (TPSA) is 78.4 Å². The van der Waals surface area contributed by atoms with Gasteiger partial charge in [0.25, 0.3) is 5.92 Å². The molecule has 0 saturated heterocycles. The first kappa shape index (κ1) is 11.7. The minimum absolute atomic E-state index is 0.376. The highest BCUT2D eigenvalue weighted by molar-refractivity contribution is 5.85. The van der Waals surface area contributed by atoms with Crippen LogP contribution in [0.2, 0.25) is 0 Å². The van der Waals surface area contributed by atoms with Gasteiger partial charge in [-0.15, -0.1) is 0 Å². The molecule has 0 aromatic rings. The molecule has 0 bridgehead atoms. The lowest BCUT2D eigenvalue weighted by Crippen LogP contribution is -2.54. The predicted octanol–water partition coefficient (Wildman–Crippen LogP) is 0.556. The van der Waals surface area contributed by atoms with Crippen molar-refractivity contribution in [2.24, 2.45) is 0 Å². The maximum Gasteiger partial charge on any atom is 0.405 e. The van der Waals surface area contributed by atoms with Gasteiger partial charge in [-0.05, 0) is 6.92 Å². The number of rotatable bonds is 3. The third kappa shape index (κ3) is 3.34. The van der Waals surface area contributed by atoms with Crippen LogP contribution in [0, 0.1) is 0 Å². The maximum atomic E-state index is 12.4. The first-order valence-corrected chi connectivity index (χ1v) is 4.48. The highest BCUT2D eigenvalue weighted by Gasteiger charge is 2.46. The van der Waals surface area contributed by atoms with Crippen LogP contribution in [0.5, 0.6) is 0 Å². The molecule has 15 heavy (non-hydrogen) atoms. The Morgan fingerprint density at radius 2 is 2.00 bits per heavy atom. The van der Waals surface area contributed by atoms with E-state index in [0.29, 0.717) is 0 Å². The van der Waals surface area contributed by atoms with E-state index in [0.717, 1.165) is 0 Å². The Morgan fingerprint density at radius 3 is 2.40 bits per heavy atom. The molecule has 3 N–H and O–H groups in total. The Bertz CT molecular complexity index is 275. The summed E-state index contributed by atoms with van der Waals surface area (Å²) in [6.45, 7) is 1.35. The molecule has 1 aliphatic rings. The number of nitrogens with one attached hydrogen (secondary N) is 2. The summed E-state index contributed by atoms with van der Waals surface area (Å²) < 4.78 is 24.8. The van der Waals surface area contributed by atoms with Crippen molar-refractivity contribution >= 4 is 12.0 Å². The lowest BCUT2D eigenvalue weighted by Gasteiger charge is -2.35. The van der Waals surface area contributed by atoms with E-state index >= 15 is 0 Å². The Hall–Kier alpha value is -1.40. The highest BCUT2D eigenvalue weighted by atomic mass is 19.3. The SMILES string of the molecule is C[C@@H](NC(=O)O)C(=O)NC1CC(F)(F)C1. The molecule has 0 heterocycles. The lowest BCUT2D eigenvalue weighted by atomic mass is 9.88. The number of halogens is 2. The molecule has 0 spiro atoms. The molecule has 7 heteroatoms. The second-order valence-electron chi connectivity index (χ2n) is 3.64. The van der Waals surface area contributed by atoms with Crippen molar-refractivity contribution in [3.63, 3.8) is 0 Å². The van der Waals surface area contributed by atoms with Crippen LogP contribution < -0.4 is 10.6 Å². The van der Waals surface area contributed by atoms with E-state index in [2.05, 4.69) is 5.32 Å². The van der Waals surface area contributed by atoms with Gasteiger partial charge in [-0.2, -0.15) is 0 Å². The van der Waals surface area contributed by atoms with Gasteiger partial charge in [0.2, 0.25) is 5.91 Å². The molecule has 0 aromatic carbocycles. The summed E-state index contributed by atoms with van der Waals surface area (Å²) in [5.74, 6) is -3.28. The molecule has 1 saturated carbocycles. The van der Waals surface area contributed by atoms with Gasteiger partial charge in [-0.25, -0.2) is 13.6 Å². The summed E-state index contributed by atoms with van der Waals surface area (Å²) in [6.07, 6.45) is -2.08. The van der Waals surface area contributed by atoms with Gasteiger partial charge in [0.05, 0.1) is 0 Å². The van der Waals surface area contributed by atoms with Crippen LogP contribution in [0.15, 0.2) is 0 Å². The zero-order valence-corrected chi connectivity index (χ0v) is 8.09.